The molecule has 1 fully saturated rings. The molecule has 9 heteroatoms. The Kier molecular flexibility index (Phi) is 4.39. The molecule has 30 heavy (non-hydrogen) atoms. The van der Waals surface area contributed by atoms with Gasteiger partial charge in [-0.2, -0.15) is 10.4 Å². The van der Waals surface area contributed by atoms with E-state index < -0.39 is 0 Å². The van der Waals surface area contributed by atoms with Gasteiger partial charge in [0.25, 0.3) is 0 Å². The summed E-state index contributed by atoms with van der Waals surface area (Å²) in [4.78, 5) is 27.7. The maximum atomic E-state index is 12.2. The zero-order valence-electron chi connectivity index (χ0n) is 16.6. The van der Waals surface area contributed by atoms with Crippen LogP contribution in [0.2, 0.25) is 0 Å². The molecule has 1 aliphatic rings. The van der Waals surface area contributed by atoms with E-state index in [-0.39, 0.29) is 18.4 Å². The molecule has 0 saturated carbocycles. The summed E-state index contributed by atoms with van der Waals surface area (Å²) >= 11 is 0. The quantitative estimate of drug-likeness (QED) is 0.523. The number of nitrogens with zero attached hydrogens (tertiary/aromatic N) is 8. The monoisotopic (exact) mass is 400 g/mol. The Bertz CT molecular complexity index is 1300. The van der Waals surface area contributed by atoms with Crippen molar-refractivity contribution >= 4 is 22.6 Å². The molecule has 1 unspecified atom stereocenters. The van der Waals surface area contributed by atoms with Gasteiger partial charge in [-0.05, 0) is 37.5 Å². The molecule has 0 bridgehead atoms. The van der Waals surface area contributed by atoms with Crippen LogP contribution in [0, 0.1) is 18.3 Å². The highest BCUT2D eigenvalue weighted by Crippen LogP contribution is 2.27. The van der Waals surface area contributed by atoms with Crippen LogP contribution >= 0.6 is 0 Å². The van der Waals surface area contributed by atoms with E-state index in [4.69, 9.17) is 10.2 Å². The summed E-state index contributed by atoms with van der Waals surface area (Å²) in [5.74, 6) is 0.474. The number of likely N-dealkylation sites (tertiary alicyclic amines) is 1. The van der Waals surface area contributed by atoms with Gasteiger partial charge in [-0.25, -0.2) is 19.5 Å². The van der Waals surface area contributed by atoms with Crippen molar-refractivity contribution in [2.45, 2.75) is 32.2 Å². The molecule has 0 aromatic carbocycles. The number of nitriles is 1. The molecule has 150 valence electrons. The number of pyridine rings is 1. The van der Waals surface area contributed by atoms with E-state index in [9.17, 15) is 4.79 Å². The third-order valence-corrected chi connectivity index (χ3v) is 5.61. The smallest absolute Gasteiger partial charge is 0.236 e. The number of rotatable bonds is 3. The lowest BCUT2D eigenvalue weighted by molar-refractivity contribution is -0.131. The molecule has 1 aliphatic heterocycles. The third kappa shape index (κ3) is 3.06. The van der Waals surface area contributed by atoms with E-state index in [2.05, 4.69) is 21.1 Å². The van der Waals surface area contributed by atoms with Gasteiger partial charge in [0.1, 0.15) is 11.9 Å². The molecule has 9 nitrogen and oxygen atoms in total. The van der Waals surface area contributed by atoms with Crippen molar-refractivity contribution in [1.82, 2.24) is 34.0 Å². The summed E-state index contributed by atoms with van der Waals surface area (Å²) in [5.41, 5.74) is 4.41. The zero-order valence-corrected chi connectivity index (χ0v) is 16.6. The zero-order chi connectivity index (χ0) is 20.7. The van der Waals surface area contributed by atoms with E-state index in [0.717, 1.165) is 35.1 Å². The van der Waals surface area contributed by atoms with Crippen molar-refractivity contribution in [3.8, 4) is 17.5 Å². The molecule has 0 radical (unpaired) electrons. The fraction of sp³-hybridized carbons (Fsp3) is 0.333. The molecule has 4 aromatic rings. The number of hydrogen-bond acceptors (Lipinski definition) is 6. The van der Waals surface area contributed by atoms with Crippen molar-refractivity contribution in [3.05, 3.63) is 42.6 Å². The molecule has 4 aromatic heterocycles. The predicted molar refractivity (Wildman–Crippen MR) is 109 cm³/mol. The van der Waals surface area contributed by atoms with Crippen LogP contribution in [0.25, 0.3) is 28.1 Å². The molecule has 1 saturated heterocycles. The lowest BCUT2D eigenvalue weighted by Gasteiger charge is -2.33. The van der Waals surface area contributed by atoms with Crippen molar-refractivity contribution < 1.29 is 4.79 Å². The van der Waals surface area contributed by atoms with E-state index in [1.807, 2.05) is 34.3 Å². The average Bonchev–Trinajstić information content (AvgIpc) is 3.37. The molecule has 1 amide bonds. The van der Waals surface area contributed by atoms with Crippen LogP contribution in [0.5, 0.6) is 0 Å². The van der Waals surface area contributed by atoms with Crippen molar-refractivity contribution in [2.24, 2.45) is 0 Å². The van der Waals surface area contributed by atoms with Crippen LogP contribution in [0.15, 0.2) is 37.1 Å². The summed E-state index contributed by atoms with van der Waals surface area (Å²) in [6.45, 7) is 3.28. The number of carbonyl (C=O) groups is 1. The van der Waals surface area contributed by atoms with Gasteiger partial charge in [0.2, 0.25) is 5.91 Å². The van der Waals surface area contributed by atoms with Crippen molar-refractivity contribution in [1.29, 1.82) is 5.26 Å². The highest BCUT2D eigenvalue weighted by Gasteiger charge is 2.26. The number of carbonyl (C=O) groups excluding carboxylic acids is 1. The Balaban J connectivity index is 1.53. The van der Waals surface area contributed by atoms with E-state index >= 15 is 0 Å². The van der Waals surface area contributed by atoms with Crippen LogP contribution in [0.3, 0.4) is 0 Å². The van der Waals surface area contributed by atoms with E-state index in [0.29, 0.717) is 24.4 Å². The van der Waals surface area contributed by atoms with Gasteiger partial charge in [0, 0.05) is 19.3 Å². The number of piperidine rings is 1. The van der Waals surface area contributed by atoms with Crippen LogP contribution in [0.4, 0.5) is 0 Å². The first-order chi connectivity index (χ1) is 14.6. The number of aromatic nitrogens is 6. The van der Waals surface area contributed by atoms with Gasteiger partial charge in [-0.15, -0.1) is 0 Å². The van der Waals surface area contributed by atoms with Gasteiger partial charge < -0.3 is 9.47 Å². The summed E-state index contributed by atoms with van der Waals surface area (Å²) in [6.07, 6.45) is 8.92. The molecule has 0 N–H and O–H groups in total. The average molecular weight is 400 g/mol. The normalized spacial score (nSPS) is 16.8. The fourth-order valence-electron chi connectivity index (χ4n) is 4.07. The van der Waals surface area contributed by atoms with Crippen LogP contribution in [0.1, 0.15) is 30.9 Å². The van der Waals surface area contributed by atoms with Gasteiger partial charge in [0.15, 0.2) is 11.5 Å². The molecular formula is C21H20N8O. The minimum Gasteiger partial charge on any atom is -0.340 e. The summed E-state index contributed by atoms with van der Waals surface area (Å²) in [5, 5.41) is 13.2. The Morgan fingerprint density at radius 2 is 2.23 bits per heavy atom. The second-order valence-electron chi connectivity index (χ2n) is 7.62. The number of aryl methyl sites for hydroxylation is 1. The topological polar surface area (TPSA) is 105 Å². The standard InChI is InChI=1S/C21H20N8O/c1-14-5-8-29-18(9-14)16(10-25-29)20-23-11-17-21(26-20)28(13-24-17)15-3-2-7-27(12-15)19(30)4-6-22/h5,8-11,13,15H,2-4,7,12H2,1H3. The Hall–Kier alpha value is -3.80. The molecule has 5 rings (SSSR count). The molecule has 0 aliphatic carbocycles. The number of imidazole rings is 1. The second-order valence-corrected chi connectivity index (χ2v) is 7.62. The number of fused-ring (bicyclic) bond motifs is 2. The van der Waals surface area contributed by atoms with Crippen molar-refractivity contribution in [3.63, 3.8) is 0 Å². The lowest BCUT2D eigenvalue weighted by atomic mass is 10.1. The van der Waals surface area contributed by atoms with Crippen LogP contribution in [-0.4, -0.2) is 53.0 Å². The van der Waals surface area contributed by atoms with Gasteiger partial charge >= 0.3 is 0 Å². The Morgan fingerprint density at radius 1 is 1.33 bits per heavy atom. The largest absolute Gasteiger partial charge is 0.340 e. The SMILES string of the molecule is Cc1ccn2ncc(-c3ncc4ncn(C5CCCN(C(=O)CC#N)C5)c4n3)c2c1. The first-order valence-electron chi connectivity index (χ1n) is 9.92. The van der Waals surface area contributed by atoms with Gasteiger partial charge in [-0.1, -0.05) is 0 Å². The van der Waals surface area contributed by atoms with Crippen molar-refractivity contribution in [2.75, 3.05) is 13.1 Å². The van der Waals surface area contributed by atoms with Crippen LogP contribution in [-0.2, 0) is 4.79 Å². The molecule has 1 atom stereocenters. The minimum absolute atomic E-state index is 0.0697. The third-order valence-electron chi connectivity index (χ3n) is 5.61. The first kappa shape index (κ1) is 18.2. The highest BCUT2D eigenvalue weighted by atomic mass is 16.2. The molecular weight excluding hydrogens is 380 g/mol. The van der Waals surface area contributed by atoms with Gasteiger partial charge in [-0.3, -0.25) is 4.79 Å². The summed E-state index contributed by atoms with van der Waals surface area (Å²) in [6, 6.07) is 6.08. The fourth-order valence-corrected chi connectivity index (χ4v) is 4.07. The minimum atomic E-state index is -0.122. The first-order valence-corrected chi connectivity index (χ1v) is 9.92. The van der Waals surface area contributed by atoms with E-state index in [1.54, 1.807) is 23.6 Å². The Labute approximate surface area is 172 Å². The van der Waals surface area contributed by atoms with E-state index in [1.165, 1.54) is 0 Å². The molecule has 5 heterocycles. The maximum Gasteiger partial charge on any atom is 0.236 e. The Morgan fingerprint density at radius 3 is 3.10 bits per heavy atom. The second kappa shape index (κ2) is 7.22. The van der Waals surface area contributed by atoms with Crippen LogP contribution < -0.4 is 0 Å². The molecule has 0 spiro atoms. The lowest BCUT2D eigenvalue weighted by Crippen LogP contribution is -2.40. The van der Waals surface area contributed by atoms with Gasteiger partial charge in [0.05, 0.1) is 41.9 Å². The maximum absolute atomic E-state index is 12.2. The highest BCUT2D eigenvalue weighted by molar-refractivity contribution is 5.80. The summed E-state index contributed by atoms with van der Waals surface area (Å²) in [7, 11) is 0. The number of amides is 1. The number of hydrogen-bond donors (Lipinski definition) is 0. The summed E-state index contributed by atoms with van der Waals surface area (Å²) < 4.78 is 3.84. The predicted octanol–water partition coefficient (Wildman–Crippen LogP) is 2.53.